The van der Waals surface area contributed by atoms with Crippen LogP contribution < -0.4 is 5.73 Å². The highest BCUT2D eigenvalue weighted by molar-refractivity contribution is 5.50. The topological polar surface area (TPSA) is 93.4 Å². The van der Waals surface area contributed by atoms with E-state index in [1.807, 2.05) is 26.8 Å². The van der Waals surface area contributed by atoms with Gasteiger partial charge in [0.1, 0.15) is 11.8 Å². The fourth-order valence-corrected chi connectivity index (χ4v) is 1.99. The van der Waals surface area contributed by atoms with Crippen LogP contribution in [0.1, 0.15) is 36.6 Å². The molecule has 0 spiro atoms. The quantitative estimate of drug-likeness (QED) is 0.899. The van der Waals surface area contributed by atoms with Gasteiger partial charge < -0.3 is 5.73 Å². The Morgan fingerprint density at radius 3 is 2.63 bits per heavy atom. The van der Waals surface area contributed by atoms with E-state index >= 15 is 0 Å². The number of nitrogens with two attached hydrogens (primary N) is 1. The molecule has 6 heteroatoms. The minimum Gasteiger partial charge on any atom is -0.396 e. The molecule has 0 saturated heterocycles. The maximum absolute atomic E-state index is 8.97. The first-order valence-electron chi connectivity index (χ1n) is 6.23. The van der Waals surface area contributed by atoms with Gasteiger partial charge in [-0.1, -0.05) is 13.8 Å². The Morgan fingerprint density at radius 2 is 2.05 bits per heavy atom. The van der Waals surface area contributed by atoms with Crippen LogP contribution >= 0.6 is 0 Å². The van der Waals surface area contributed by atoms with Gasteiger partial charge in [-0.15, -0.1) is 0 Å². The summed E-state index contributed by atoms with van der Waals surface area (Å²) in [5, 5.41) is 13.4. The van der Waals surface area contributed by atoms with Crippen molar-refractivity contribution >= 4 is 5.69 Å². The molecule has 19 heavy (non-hydrogen) atoms. The van der Waals surface area contributed by atoms with Crippen molar-refractivity contribution in [2.45, 2.75) is 33.6 Å². The molecule has 2 aromatic rings. The molecule has 2 aromatic heterocycles. The van der Waals surface area contributed by atoms with Gasteiger partial charge in [-0.05, 0) is 25.8 Å². The molecule has 0 aromatic carbocycles. The van der Waals surface area contributed by atoms with Gasteiger partial charge in [0.05, 0.1) is 17.1 Å². The lowest BCUT2D eigenvalue weighted by molar-refractivity contribution is 0.740. The predicted molar refractivity (Wildman–Crippen MR) is 71.8 cm³/mol. The van der Waals surface area contributed by atoms with Crippen LogP contribution in [0.2, 0.25) is 0 Å². The maximum Gasteiger partial charge on any atom is 0.252 e. The molecule has 0 aliphatic carbocycles. The summed E-state index contributed by atoms with van der Waals surface area (Å²) in [5.41, 5.74) is 9.53. The zero-order valence-corrected chi connectivity index (χ0v) is 11.3. The highest BCUT2D eigenvalue weighted by atomic mass is 15.4. The number of nitrogen functional groups attached to an aromatic ring is 1. The first-order valence-corrected chi connectivity index (χ1v) is 6.23. The van der Waals surface area contributed by atoms with Crippen LogP contribution in [0.25, 0.3) is 5.95 Å². The zero-order valence-electron chi connectivity index (χ0n) is 11.3. The first-order chi connectivity index (χ1) is 9.10. The van der Waals surface area contributed by atoms with Crippen molar-refractivity contribution in [3.8, 4) is 12.0 Å². The van der Waals surface area contributed by atoms with Gasteiger partial charge in [-0.25, -0.2) is 14.6 Å². The number of rotatable bonds is 3. The molecular weight excluding hydrogens is 240 g/mol. The van der Waals surface area contributed by atoms with Gasteiger partial charge in [-0.3, -0.25) is 0 Å². The number of anilines is 1. The van der Waals surface area contributed by atoms with Gasteiger partial charge in [0.15, 0.2) is 0 Å². The predicted octanol–water partition coefficient (Wildman–Crippen LogP) is 1.55. The van der Waals surface area contributed by atoms with E-state index in [1.165, 1.54) is 0 Å². The van der Waals surface area contributed by atoms with Gasteiger partial charge in [0.25, 0.3) is 5.95 Å². The molecule has 0 bridgehead atoms. The molecule has 2 rings (SSSR count). The SMILES string of the molecule is CCc1nn(-c2nc(C)cc(C#N)n2)c(CC)c1N. The van der Waals surface area contributed by atoms with E-state index < -0.39 is 0 Å². The fourth-order valence-electron chi connectivity index (χ4n) is 1.99. The third kappa shape index (κ3) is 2.27. The van der Waals surface area contributed by atoms with E-state index in [2.05, 4.69) is 15.1 Å². The minimum absolute atomic E-state index is 0.330. The fraction of sp³-hybridized carbons (Fsp3) is 0.385. The number of hydrogen-bond acceptors (Lipinski definition) is 5. The van der Waals surface area contributed by atoms with Gasteiger partial charge in [0.2, 0.25) is 0 Å². The third-order valence-corrected chi connectivity index (χ3v) is 2.91. The summed E-state index contributed by atoms with van der Waals surface area (Å²) in [6.07, 6.45) is 1.49. The summed E-state index contributed by atoms with van der Waals surface area (Å²) < 4.78 is 1.64. The standard InChI is InChI=1S/C13H16N6/c1-4-10-12(15)11(5-2)19(18-10)13-16-8(3)6-9(7-14)17-13/h6H,4-5,15H2,1-3H3. The average Bonchev–Trinajstić information content (AvgIpc) is 2.74. The molecule has 2 N–H and O–H groups in total. The summed E-state index contributed by atoms with van der Waals surface area (Å²) >= 11 is 0. The number of aryl methyl sites for hydroxylation is 2. The van der Waals surface area contributed by atoms with Crippen molar-refractivity contribution in [2.75, 3.05) is 5.73 Å². The Balaban J connectivity index is 2.65. The highest BCUT2D eigenvalue weighted by Crippen LogP contribution is 2.20. The number of nitrogens with zero attached hydrogens (tertiary/aromatic N) is 5. The Hall–Kier alpha value is -2.42. The first kappa shape index (κ1) is 13.0. The molecule has 2 heterocycles. The summed E-state index contributed by atoms with van der Waals surface area (Å²) in [7, 11) is 0. The van der Waals surface area contributed by atoms with E-state index in [4.69, 9.17) is 11.0 Å². The van der Waals surface area contributed by atoms with E-state index in [0.717, 1.165) is 29.9 Å². The highest BCUT2D eigenvalue weighted by Gasteiger charge is 2.16. The Labute approximate surface area is 111 Å². The van der Waals surface area contributed by atoms with Crippen molar-refractivity contribution in [1.29, 1.82) is 5.26 Å². The van der Waals surface area contributed by atoms with Crippen LogP contribution in [0.3, 0.4) is 0 Å². The van der Waals surface area contributed by atoms with Crippen molar-refractivity contribution in [3.63, 3.8) is 0 Å². The van der Waals surface area contributed by atoms with Crippen LogP contribution in [0.5, 0.6) is 0 Å². The molecule has 6 nitrogen and oxygen atoms in total. The second-order valence-corrected chi connectivity index (χ2v) is 4.23. The summed E-state index contributed by atoms with van der Waals surface area (Å²) in [4.78, 5) is 8.52. The Bertz CT molecular complexity index is 650. The molecule has 0 unspecified atom stereocenters. The second-order valence-electron chi connectivity index (χ2n) is 4.23. The lowest BCUT2D eigenvalue weighted by Crippen LogP contribution is -2.09. The van der Waals surface area contributed by atoms with Crippen molar-refractivity contribution in [2.24, 2.45) is 0 Å². The smallest absolute Gasteiger partial charge is 0.252 e. The second kappa shape index (κ2) is 5.06. The summed E-state index contributed by atoms with van der Waals surface area (Å²) in [5.74, 6) is 0.403. The molecule has 0 amide bonds. The molecule has 0 aliphatic heterocycles. The molecule has 98 valence electrons. The molecule has 0 saturated carbocycles. The van der Waals surface area contributed by atoms with E-state index in [-0.39, 0.29) is 0 Å². The monoisotopic (exact) mass is 256 g/mol. The summed E-state index contributed by atoms with van der Waals surface area (Å²) in [6, 6.07) is 3.67. The van der Waals surface area contributed by atoms with E-state index in [1.54, 1.807) is 10.7 Å². The summed E-state index contributed by atoms with van der Waals surface area (Å²) in [6.45, 7) is 5.83. The van der Waals surface area contributed by atoms with Crippen molar-refractivity contribution in [1.82, 2.24) is 19.7 Å². The molecule has 0 fully saturated rings. The Kier molecular flexibility index (Phi) is 3.47. The van der Waals surface area contributed by atoms with Crippen LogP contribution in [0, 0.1) is 18.3 Å². The molecule has 0 radical (unpaired) electrons. The minimum atomic E-state index is 0.330. The normalized spacial score (nSPS) is 10.4. The van der Waals surface area contributed by atoms with E-state index in [9.17, 15) is 0 Å². The largest absolute Gasteiger partial charge is 0.396 e. The zero-order chi connectivity index (χ0) is 14.0. The Morgan fingerprint density at radius 1 is 1.32 bits per heavy atom. The van der Waals surface area contributed by atoms with Crippen molar-refractivity contribution < 1.29 is 0 Å². The van der Waals surface area contributed by atoms with Crippen LogP contribution in [0.4, 0.5) is 5.69 Å². The van der Waals surface area contributed by atoms with E-state index in [0.29, 0.717) is 17.3 Å². The third-order valence-electron chi connectivity index (χ3n) is 2.91. The number of nitriles is 1. The number of aromatic nitrogens is 4. The lowest BCUT2D eigenvalue weighted by Gasteiger charge is -2.05. The van der Waals surface area contributed by atoms with Gasteiger partial charge >= 0.3 is 0 Å². The lowest BCUT2D eigenvalue weighted by atomic mass is 10.2. The molecule has 0 aliphatic rings. The van der Waals surface area contributed by atoms with Crippen LogP contribution in [-0.2, 0) is 12.8 Å². The van der Waals surface area contributed by atoms with Crippen molar-refractivity contribution in [3.05, 3.63) is 28.8 Å². The number of hydrogen-bond donors (Lipinski definition) is 1. The van der Waals surface area contributed by atoms with Crippen LogP contribution in [0.15, 0.2) is 6.07 Å². The maximum atomic E-state index is 8.97. The van der Waals surface area contributed by atoms with Crippen LogP contribution in [-0.4, -0.2) is 19.7 Å². The molecular formula is C13H16N6. The molecule has 0 atom stereocenters. The average molecular weight is 256 g/mol. The van der Waals surface area contributed by atoms with Gasteiger partial charge in [-0.2, -0.15) is 10.4 Å². The van der Waals surface area contributed by atoms with Gasteiger partial charge in [0, 0.05) is 5.69 Å².